The van der Waals surface area contributed by atoms with E-state index in [2.05, 4.69) is 20.1 Å². The molecule has 1 N–H and O–H groups in total. The van der Waals surface area contributed by atoms with E-state index in [9.17, 15) is 22.8 Å². The van der Waals surface area contributed by atoms with Gasteiger partial charge in [-0.2, -0.15) is 24.2 Å². The lowest BCUT2D eigenvalue weighted by atomic mass is 9.71. The van der Waals surface area contributed by atoms with E-state index in [1.54, 1.807) is 4.90 Å². The van der Waals surface area contributed by atoms with Gasteiger partial charge in [-0.15, -0.1) is 0 Å². The Morgan fingerprint density at radius 3 is 2.58 bits per heavy atom. The summed E-state index contributed by atoms with van der Waals surface area (Å²) in [6.07, 6.45) is -0.291. The van der Waals surface area contributed by atoms with Crippen molar-refractivity contribution in [3.63, 3.8) is 0 Å². The maximum absolute atomic E-state index is 14.0. The molecule has 1 spiro atoms. The summed E-state index contributed by atoms with van der Waals surface area (Å²) in [5.41, 5.74) is 2.20. The maximum Gasteiger partial charge on any atom is 0.410 e. The van der Waals surface area contributed by atoms with Crippen LogP contribution in [0.1, 0.15) is 43.1 Å². The summed E-state index contributed by atoms with van der Waals surface area (Å²) in [7, 11) is 0. The van der Waals surface area contributed by atoms with E-state index in [1.165, 1.54) is 6.07 Å². The summed E-state index contributed by atoms with van der Waals surface area (Å²) < 4.78 is 49.4. The number of aromatic amines is 1. The number of carbonyl (C=O) groups is 2. The fourth-order valence-corrected chi connectivity index (χ4v) is 5.30. The Morgan fingerprint density at radius 1 is 1.17 bits per heavy atom. The number of ether oxygens (including phenoxy) is 2. The van der Waals surface area contributed by atoms with Crippen LogP contribution in [0.5, 0.6) is 5.75 Å². The van der Waals surface area contributed by atoms with E-state index < -0.39 is 23.8 Å². The van der Waals surface area contributed by atoms with Gasteiger partial charge in [0.1, 0.15) is 6.61 Å². The molecule has 1 aliphatic carbocycles. The summed E-state index contributed by atoms with van der Waals surface area (Å²) in [5.74, 6) is -1.41. The van der Waals surface area contributed by atoms with Gasteiger partial charge in [-0.25, -0.2) is 9.18 Å². The molecule has 1 aromatic heterocycles. The maximum atomic E-state index is 14.0. The normalized spacial score (nSPS) is 21.1. The topological polar surface area (TPSA) is 101 Å². The number of piperidine rings is 1. The molecule has 1 atom stereocenters. The number of likely N-dealkylation sites (tertiary alicyclic amines) is 2. The number of halogens is 3. The molecule has 1 unspecified atom stereocenters. The van der Waals surface area contributed by atoms with Crippen LogP contribution in [0.2, 0.25) is 0 Å². The number of aryl methyl sites for hydroxylation is 1. The molecule has 3 heterocycles. The zero-order valence-corrected chi connectivity index (χ0v) is 19.9. The van der Waals surface area contributed by atoms with Gasteiger partial charge in [0.2, 0.25) is 5.91 Å². The minimum absolute atomic E-state index is 0.0282. The van der Waals surface area contributed by atoms with Crippen LogP contribution in [0.25, 0.3) is 0 Å². The highest BCUT2D eigenvalue weighted by Gasteiger charge is 2.48. The summed E-state index contributed by atoms with van der Waals surface area (Å²) in [6.45, 7) is 2.76. The largest absolute Gasteiger partial charge is 0.445 e. The highest BCUT2D eigenvalue weighted by molar-refractivity contribution is 5.80. The number of carbonyl (C=O) groups excluding carboxylic acids is 2. The van der Waals surface area contributed by atoms with Crippen molar-refractivity contribution in [2.45, 2.75) is 51.7 Å². The van der Waals surface area contributed by atoms with Crippen LogP contribution in [-0.2, 0) is 29.0 Å². The highest BCUT2D eigenvalue weighted by atomic mass is 19.3. The number of nitrogens with zero attached hydrogens (tertiary/aromatic N) is 4. The third kappa shape index (κ3) is 5.12. The molecule has 9 nitrogen and oxygen atoms in total. The van der Waals surface area contributed by atoms with Crippen LogP contribution in [-0.4, -0.2) is 69.5 Å². The number of hydrogen-bond donors (Lipinski definition) is 1. The predicted molar refractivity (Wildman–Crippen MR) is 120 cm³/mol. The number of fused-ring (bicyclic) bond motifs is 1. The second-order valence-corrected chi connectivity index (χ2v) is 10.1. The van der Waals surface area contributed by atoms with Crippen LogP contribution in [0.4, 0.5) is 18.0 Å². The first-order chi connectivity index (χ1) is 17.1. The van der Waals surface area contributed by atoms with E-state index >= 15 is 0 Å². The molecule has 3 aliphatic rings. The second-order valence-electron chi connectivity index (χ2n) is 10.1. The molecule has 2 aliphatic heterocycles. The van der Waals surface area contributed by atoms with Crippen LogP contribution in [0.15, 0.2) is 18.2 Å². The van der Waals surface area contributed by atoms with Crippen LogP contribution in [0, 0.1) is 17.2 Å². The third-order valence-electron chi connectivity index (χ3n) is 7.32. The molecule has 36 heavy (non-hydrogen) atoms. The average molecular weight is 508 g/mol. The number of H-pyrrole nitrogens is 1. The van der Waals surface area contributed by atoms with E-state index in [1.807, 2.05) is 4.90 Å². The van der Waals surface area contributed by atoms with Crippen molar-refractivity contribution in [1.82, 2.24) is 25.2 Å². The van der Waals surface area contributed by atoms with Crippen molar-refractivity contribution in [3.05, 3.63) is 41.0 Å². The third-order valence-corrected chi connectivity index (χ3v) is 7.32. The SMILES string of the molecule is CC(F)(F)Oc1ccc(COC(=O)N2CCC3(CC2)CN(C(=O)C2CCc4n[nH]nc4C2)C3)cc1F. The zero-order valence-electron chi connectivity index (χ0n) is 19.9. The fourth-order valence-electron chi connectivity index (χ4n) is 5.30. The number of alkyl halides is 2. The quantitative estimate of drug-likeness (QED) is 0.667. The zero-order chi connectivity index (χ0) is 25.5. The molecule has 2 saturated heterocycles. The number of nitrogens with one attached hydrogen (secondary N) is 1. The molecule has 0 saturated carbocycles. The first-order valence-electron chi connectivity index (χ1n) is 12.1. The van der Waals surface area contributed by atoms with Gasteiger partial charge >= 0.3 is 12.2 Å². The van der Waals surface area contributed by atoms with Gasteiger partial charge in [0.25, 0.3) is 0 Å². The van der Waals surface area contributed by atoms with Gasteiger partial charge in [0, 0.05) is 50.9 Å². The Kier molecular flexibility index (Phi) is 6.29. The summed E-state index contributed by atoms with van der Waals surface area (Å²) in [4.78, 5) is 29.0. The Hall–Kier alpha value is -3.31. The summed E-state index contributed by atoms with van der Waals surface area (Å²) in [5, 5.41) is 10.9. The summed E-state index contributed by atoms with van der Waals surface area (Å²) >= 11 is 0. The van der Waals surface area contributed by atoms with Gasteiger partial charge in [-0.1, -0.05) is 6.07 Å². The molecule has 194 valence electrons. The molecule has 1 aromatic carbocycles. The molecule has 2 fully saturated rings. The van der Waals surface area contributed by atoms with E-state index in [0.29, 0.717) is 45.1 Å². The lowest BCUT2D eigenvalue weighted by molar-refractivity contribution is -0.160. The molecule has 2 amide bonds. The Morgan fingerprint density at radius 2 is 1.89 bits per heavy atom. The van der Waals surface area contributed by atoms with Gasteiger partial charge in [0.05, 0.1) is 11.4 Å². The number of rotatable bonds is 5. The first kappa shape index (κ1) is 24.4. The van der Waals surface area contributed by atoms with Gasteiger partial charge in [0.15, 0.2) is 11.6 Å². The first-order valence-corrected chi connectivity index (χ1v) is 12.1. The fraction of sp³-hybridized carbons (Fsp3) is 0.583. The lowest BCUT2D eigenvalue weighted by Crippen LogP contribution is -2.63. The number of hydrogen-bond acceptors (Lipinski definition) is 6. The summed E-state index contributed by atoms with van der Waals surface area (Å²) in [6, 6.07) is 3.47. The van der Waals surface area contributed by atoms with E-state index in [-0.39, 0.29) is 23.8 Å². The molecule has 5 rings (SSSR count). The van der Waals surface area contributed by atoms with Crippen molar-refractivity contribution in [2.24, 2.45) is 11.3 Å². The van der Waals surface area contributed by atoms with Crippen molar-refractivity contribution < 1.29 is 32.2 Å². The van der Waals surface area contributed by atoms with Gasteiger partial charge in [-0.3, -0.25) is 4.79 Å². The van der Waals surface area contributed by atoms with Crippen LogP contribution < -0.4 is 4.74 Å². The molecule has 2 aromatic rings. The highest BCUT2D eigenvalue weighted by Crippen LogP contribution is 2.42. The van der Waals surface area contributed by atoms with Crippen molar-refractivity contribution in [3.8, 4) is 5.75 Å². The molecule has 0 bridgehead atoms. The Balaban J connectivity index is 1.06. The standard InChI is InChI=1S/C24H28F3N5O4/c1-23(26,27)36-20-5-2-15(10-17(20)25)12-35-22(34)31-8-6-24(7-9-31)13-32(14-24)21(33)16-3-4-18-19(11-16)29-30-28-18/h2,5,10,16H,3-4,6-9,11-14H2,1H3,(H,28,29,30). The monoisotopic (exact) mass is 507 g/mol. The predicted octanol–water partition coefficient (Wildman–Crippen LogP) is 3.30. The molecule has 12 heteroatoms. The van der Waals surface area contributed by atoms with Crippen molar-refractivity contribution >= 4 is 12.0 Å². The Bertz CT molecular complexity index is 1140. The van der Waals surface area contributed by atoms with Crippen LogP contribution >= 0.6 is 0 Å². The minimum atomic E-state index is -3.50. The molecular formula is C24H28F3N5O4. The average Bonchev–Trinajstić information content (AvgIpc) is 3.29. The van der Waals surface area contributed by atoms with Gasteiger partial charge in [-0.05, 0) is 43.4 Å². The van der Waals surface area contributed by atoms with Crippen molar-refractivity contribution in [1.29, 1.82) is 0 Å². The lowest BCUT2D eigenvalue weighted by Gasteiger charge is -2.54. The molecular weight excluding hydrogens is 479 g/mol. The van der Waals surface area contributed by atoms with E-state index in [4.69, 9.17) is 4.74 Å². The van der Waals surface area contributed by atoms with E-state index in [0.717, 1.165) is 49.2 Å². The molecule has 0 radical (unpaired) electrons. The number of aromatic nitrogens is 3. The smallest absolute Gasteiger partial charge is 0.410 e. The van der Waals surface area contributed by atoms with Gasteiger partial charge < -0.3 is 19.3 Å². The Labute approximate surface area is 205 Å². The van der Waals surface area contributed by atoms with Crippen LogP contribution in [0.3, 0.4) is 0 Å². The second kappa shape index (κ2) is 9.29. The number of amides is 2. The minimum Gasteiger partial charge on any atom is -0.445 e. The van der Waals surface area contributed by atoms with Crippen molar-refractivity contribution in [2.75, 3.05) is 26.2 Å². The number of benzene rings is 1.